The molecule has 1 aromatic carbocycles. The lowest BCUT2D eigenvalue weighted by Crippen LogP contribution is -2.23. The Kier molecular flexibility index (Phi) is 4.94. The lowest BCUT2D eigenvalue weighted by atomic mass is 10.0. The Morgan fingerprint density at radius 1 is 1.05 bits per heavy atom. The Labute approximate surface area is 123 Å². The molecule has 0 aliphatic carbocycles. The number of anilines is 1. The lowest BCUT2D eigenvalue weighted by Gasteiger charge is -2.19. The Bertz CT molecular complexity index is 567. The smallest absolute Gasteiger partial charge is 0.371 e. The fourth-order valence-corrected chi connectivity index (χ4v) is 1.61. The molecule has 0 radical (unpaired) electrons. The van der Waals surface area contributed by atoms with Gasteiger partial charge in [-0.1, -0.05) is 13.8 Å². The summed E-state index contributed by atoms with van der Waals surface area (Å²) in [6, 6.07) is 0.180. The van der Waals surface area contributed by atoms with Crippen LogP contribution in [0.2, 0.25) is 0 Å². The molecule has 7 nitrogen and oxygen atoms in total. The van der Waals surface area contributed by atoms with Gasteiger partial charge in [0, 0.05) is 18.2 Å². The van der Waals surface area contributed by atoms with E-state index >= 15 is 0 Å². The fraction of sp³-hybridized carbons (Fsp3) is 0.500. The Hall–Kier alpha value is -2.39. The SMILES string of the molecule is CC(C)C(C)Nc1c([N+](=O)[O-])cc(C(F)(F)F)cc1[N+](=O)[O-]. The second kappa shape index (κ2) is 6.16. The van der Waals surface area contributed by atoms with Crippen LogP contribution in [-0.2, 0) is 6.18 Å². The molecule has 22 heavy (non-hydrogen) atoms. The molecule has 10 heteroatoms. The predicted octanol–water partition coefficient (Wildman–Crippen LogP) is 3.98. The zero-order valence-electron chi connectivity index (χ0n) is 12.0. The van der Waals surface area contributed by atoms with E-state index in [-0.39, 0.29) is 5.92 Å². The van der Waals surface area contributed by atoms with Crippen molar-refractivity contribution >= 4 is 17.1 Å². The highest BCUT2D eigenvalue weighted by Gasteiger charge is 2.38. The third kappa shape index (κ3) is 3.83. The second-order valence-corrected chi connectivity index (χ2v) is 5.08. The van der Waals surface area contributed by atoms with Crippen molar-refractivity contribution in [3.05, 3.63) is 37.9 Å². The van der Waals surface area contributed by atoms with Crippen LogP contribution in [0.15, 0.2) is 12.1 Å². The number of nitrogens with one attached hydrogen (secondary N) is 1. The zero-order chi connectivity index (χ0) is 17.2. The van der Waals surface area contributed by atoms with Gasteiger partial charge in [-0.3, -0.25) is 20.2 Å². The van der Waals surface area contributed by atoms with Crippen molar-refractivity contribution in [2.45, 2.75) is 33.0 Å². The van der Waals surface area contributed by atoms with Crippen LogP contribution < -0.4 is 5.32 Å². The number of halogens is 3. The van der Waals surface area contributed by atoms with Gasteiger partial charge >= 0.3 is 6.18 Å². The molecule has 1 rings (SSSR count). The molecule has 1 aromatic rings. The summed E-state index contributed by atoms with van der Waals surface area (Å²) in [5.74, 6) is -0.0403. The first kappa shape index (κ1) is 17.7. The Morgan fingerprint density at radius 3 is 1.73 bits per heavy atom. The maximum absolute atomic E-state index is 12.7. The molecule has 0 saturated carbocycles. The van der Waals surface area contributed by atoms with Crippen LogP contribution in [0.3, 0.4) is 0 Å². The van der Waals surface area contributed by atoms with Crippen LogP contribution >= 0.6 is 0 Å². The van der Waals surface area contributed by atoms with Crippen molar-refractivity contribution in [3.63, 3.8) is 0 Å². The number of alkyl halides is 3. The van der Waals surface area contributed by atoms with Gasteiger partial charge in [0.05, 0.1) is 15.4 Å². The van der Waals surface area contributed by atoms with Gasteiger partial charge in [0.2, 0.25) is 0 Å². The minimum Gasteiger partial charge on any atom is -0.371 e. The Morgan fingerprint density at radius 2 is 1.45 bits per heavy atom. The van der Waals surface area contributed by atoms with E-state index in [1.807, 2.05) is 0 Å². The summed E-state index contributed by atoms with van der Waals surface area (Å²) in [5, 5.41) is 24.6. The Balaban J connectivity index is 3.58. The first-order valence-corrected chi connectivity index (χ1v) is 6.25. The number of benzene rings is 1. The van der Waals surface area contributed by atoms with Crippen LogP contribution in [0.25, 0.3) is 0 Å². The van der Waals surface area contributed by atoms with Gasteiger partial charge < -0.3 is 5.32 Å². The minimum absolute atomic E-state index is 0.0403. The van der Waals surface area contributed by atoms with Crippen molar-refractivity contribution in [2.75, 3.05) is 5.32 Å². The summed E-state index contributed by atoms with van der Waals surface area (Å²) < 4.78 is 38.2. The molecule has 1 N–H and O–H groups in total. The molecular weight excluding hydrogens is 307 g/mol. The predicted molar refractivity (Wildman–Crippen MR) is 72.7 cm³/mol. The van der Waals surface area contributed by atoms with Gasteiger partial charge in [0.25, 0.3) is 11.4 Å². The van der Waals surface area contributed by atoms with Gasteiger partial charge in [0.1, 0.15) is 0 Å². The van der Waals surface area contributed by atoms with E-state index in [0.29, 0.717) is 12.1 Å². The number of nitro benzene ring substituents is 2. The number of hydrogen-bond acceptors (Lipinski definition) is 5. The van der Waals surface area contributed by atoms with E-state index in [1.165, 1.54) is 0 Å². The molecule has 1 atom stereocenters. The number of nitro groups is 2. The van der Waals surface area contributed by atoms with Crippen molar-refractivity contribution in [1.82, 2.24) is 0 Å². The van der Waals surface area contributed by atoms with Gasteiger partial charge in [-0.05, 0) is 12.8 Å². The van der Waals surface area contributed by atoms with Crippen molar-refractivity contribution in [3.8, 4) is 0 Å². The number of hydrogen-bond donors (Lipinski definition) is 1. The van der Waals surface area contributed by atoms with Crippen molar-refractivity contribution in [1.29, 1.82) is 0 Å². The fourth-order valence-electron chi connectivity index (χ4n) is 1.61. The lowest BCUT2D eigenvalue weighted by molar-refractivity contribution is -0.392. The summed E-state index contributed by atoms with van der Waals surface area (Å²) in [7, 11) is 0. The maximum Gasteiger partial charge on any atom is 0.416 e. The molecule has 0 heterocycles. The second-order valence-electron chi connectivity index (χ2n) is 5.08. The van der Waals surface area contributed by atoms with Crippen molar-refractivity contribution < 1.29 is 23.0 Å². The maximum atomic E-state index is 12.7. The molecule has 1 unspecified atom stereocenters. The summed E-state index contributed by atoms with van der Waals surface area (Å²) in [5.41, 5.74) is -3.92. The summed E-state index contributed by atoms with van der Waals surface area (Å²) in [6.07, 6.45) is -4.92. The monoisotopic (exact) mass is 321 g/mol. The first-order chi connectivity index (χ1) is 9.95. The van der Waals surface area contributed by atoms with Crippen LogP contribution in [0.4, 0.5) is 30.2 Å². The number of nitrogens with zero attached hydrogens (tertiary/aromatic N) is 2. The van der Waals surface area contributed by atoms with E-state index in [4.69, 9.17) is 0 Å². The first-order valence-electron chi connectivity index (χ1n) is 6.25. The molecule has 0 aliphatic rings. The zero-order valence-corrected chi connectivity index (χ0v) is 12.0. The quantitative estimate of drug-likeness (QED) is 0.653. The molecule has 0 amide bonds. The van der Waals surface area contributed by atoms with Gasteiger partial charge in [-0.25, -0.2) is 0 Å². The number of rotatable bonds is 5. The molecule has 0 aromatic heterocycles. The van der Waals surface area contributed by atoms with E-state index < -0.39 is 44.7 Å². The normalized spacial score (nSPS) is 13.0. The molecule has 0 saturated heterocycles. The van der Waals surface area contributed by atoms with Gasteiger partial charge in [-0.2, -0.15) is 13.2 Å². The van der Waals surface area contributed by atoms with Gasteiger partial charge in [-0.15, -0.1) is 0 Å². The molecule has 0 spiro atoms. The molecule has 0 bridgehead atoms. The standard InChI is InChI=1S/C12H14F3N3O4/c1-6(2)7(3)16-11-9(17(19)20)4-8(12(13,14)15)5-10(11)18(21)22/h4-7,16H,1-3H3. The topological polar surface area (TPSA) is 98.3 Å². The van der Waals surface area contributed by atoms with Crippen LogP contribution in [0.1, 0.15) is 26.3 Å². The average molecular weight is 321 g/mol. The molecular formula is C12H14F3N3O4. The average Bonchev–Trinajstić information content (AvgIpc) is 2.36. The highest BCUT2D eigenvalue weighted by Crippen LogP contribution is 2.41. The van der Waals surface area contributed by atoms with Crippen LogP contribution in [0, 0.1) is 26.1 Å². The summed E-state index contributed by atoms with van der Waals surface area (Å²) >= 11 is 0. The molecule has 0 aliphatic heterocycles. The largest absolute Gasteiger partial charge is 0.416 e. The van der Waals surface area contributed by atoms with E-state index in [1.54, 1.807) is 20.8 Å². The third-order valence-corrected chi connectivity index (χ3v) is 3.19. The van der Waals surface area contributed by atoms with Crippen molar-refractivity contribution in [2.24, 2.45) is 5.92 Å². The minimum atomic E-state index is -4.92. The van der Waals surface area contributed by atoms with E-state index in [0.717, 1.165) is 0 Å². The molecule has 122 valence electrons. The third-order valence-electron chi connectivity index (χ3n) is 3.19. The van der Waals surface area contributed by atoms with Crippen LogP contribution in [0.5, 0.6) is 0 Å². The van der Waals surface area contributed by atoms with E-state index in [9.17, 15) is 33.4 Å². The highest BCUT2D eigenvalue weighted by atomic mass is 19.4. The van der Waals surface area contributed by atoms with E-state index in [2.05, 4.69) is 5.32 Å². The van der Waals surface area contributed by atoms with Gasteiger partial charge in [0.15, 0.2) is 5.69 Å². The summed E-state index contributed by atoms with van der Waals surface area (Å²) in [6.45, 7) is 5.15. The summed E-state index contributed by atoms with van der Waals surface area (Å²) in [4.78, 5) is 19.9. The highest BCUT2D eigenvalue weighted by molar-refractivity contribution is 5.75. The molecule has 0 fully saturated rings. The van der Waals surface area contributed by atoms with Crippen LogP contribution in [-0.4, -0.2) is 15.9 Å².